The minimum Gasteiger partial charge on any atom is -0.515 e. The maximum Gasteiger partial charge on any atom is 3.00 e. The van der Waals surface area contributed by atoms with Gasteiger partial charge in [0.2, 0.25) is 0 Å². The Balaban J connectivity index is 0.000000483. The van der Waals surface area contributed by atoms with Crippen LogP contribution in [0.25, 0.3) is 10.9 Å². The molecule has 0 radical (unpaired) electrons. The van der Waals surface area contributed by atoms with Crippen LogP contribution in [0.1, 0.15) is 11.4 Å². The second kappa shape index (κ2) is 15.9. The maximum absolute atomic E-state index is 3.97. The van der Waals surface area contributed by atoms with Gasteiger partial charge in [-0.3, -0.25) is 30.6 Å². The molecular weight excluding hydrogens is 431 g/mol. The van der Waals surface area contributed by atoms with Crippen molar-refractivity contribution in [2.75, 3.05) is 14.1 Å². The van der Waals surface area contributed by atoms with Gasteiger partial charge in [-0.25, -0.2) is 0 Å². The minimum atomic E-state index is 0. The normalized spacial score (nSPS) is 9.85. The molecule has 0 spiro atoms. The summed E-state index contributed by atoms with van der Waals surface area (Å²) in [6.45, 7) is 0. The van der Waals surface area contributed by atoms with E-state index in [0.29, 0.717) is 21.6 Å². The number of nitrogens with one attached hydrogen (secondary N) is 2. The second-order valence-corrected chi connectivity index (χ2v) is 4.94. The van der Waals surface area contributed by atoms with Crippen LogP contribution in [0.5, 0.6) is 0 Å². The summed E-state index contributed by atoms with van der Waals surface area (Å²) < 4.78 is 0. The molecule has 0 aliphatic rings. The van der Waals surface area contributed by atoms with Crippen LogP contribution < -0.4 is 10.6 Å². The van der Waals surface area contributed by atoms with Crippen LogP contribution in [0.4, 0.5) is 0 Å². The monoisotopic (exact) mass is 449 g/mol. The molecule has 0 unspecified atom stereocenters. The van der Waals surface area contributed by atoms with Gasteiger partial charge in [0.15, 0.2) is 34.7 Å². The summed E-state index contributed by atoms with van der Waals surface area (Å²) in [4.78, 5) is 15.7. The molecule has 10 nitrogen and oxygen atoms in total. The molecule has 13 heteroatoms. The molecule has 0 amide bonds. The Morgan fingerprint density at radius 2 is 1.26 bits per heavy atom. The molecule has 2 N–H and O–H groups in total. The average Bonchev–Trinajstić information content (AvgIpc) is 2.70. The SMILES string of the molecule is CNC(=[SH+])[N-]N=Cc1cnccn1.CNC(=[SH+])[N-]N=Cc1cnccn1.[Co+3]. The first-order valence-electron chi connectivity index (χ1n) is 7.13. The summed E-state index contributed by atoms with van der Waals surface area (Å²) in [6.07, 6.45) is 12.6. The fourth-order valence-electron chi connectivity index (χ4n) is 1.14. The second-order valence-electron chi connectivity index (χ2n) is 4.10. The van der Waals surface area contributed by atoms with E-state index in [9.17, 15) is 0 Å². The van der Waals surface area contributed by atoms with Gasteiger partial charge in [-0.15, -0.1) is 0 Å². The van der Waals surface area contributed by atoms with Crippen LogP contribution in [0.2, 0.25) is 0 Å². The van der Waals surface area contributed by atoms with Crippen molar-refractivity contribution in [2.45, 2.75) is 0 Å². The van der Waals surface area contributed by atoms with Crippen LogP contribution in [0.3, 0.4) is 0 Å². The molecule has 142 valence electrons. The quantitative estimate of drug-likeness (QED) is 0.214. The van der Waals surface area contributed by atoms with Gasteiger partial charge < -0.3 is 21.1 Å². The Morgan fingerprint density at radius 1 is 0.852 bits per heavy atom. The van der Waals surface area contributed by atoms with E-state index < -0.39 is 0 Å². The zero-order valence-corrected chi connectivity index (χ0v) is 17.3. The molecule has 0 saturated carbocycles. The Hall–Kier alpha value is -2.29. The number of hydrogen-bond acceptors (Lipinski definition) is 6. The van der Waals surface area contributed by atoms with Crippen LogP contribution in [0.15, 0.2) is 47.4 Å². The molecule has 0 saturated heterocycles. The van der Waals surface area contributed by atoms with E-state index in [1.807, 2.05) is 0 Å². The molecule has 0 bridgehead atoms. The van der Waals surface area contributed by atoms with Crippen molar-refractivity contribution in [3.8, 4) is 0 Å². The molecule has 2 aromatic heterocycles. The first kappa shape index (κ1) is 24.7. The smallest absolute Gasteiger partial charge is 0.515 e. The molecule has 0 fully saturated rings. The van der Waals surface area contributed by atoms with E-state index in [-0.39, 0.29) is 16.8 Å². The molecule has 2 aromatic rings. The number of thiol groups is 2. The largest absolute Gasteiger partial charge is 3.00 e. The van der Waals surface area contributed by atoms with Crippen LogP contribution in [-0.2, 0) is 41.2 Å². The van der Waals surface area contributed by atoms with Gasteiger partial charge in [-0.05, 0) is 14.1 Å². The summed E-state index contributed by atoms with van der Waals surface area (Å²) in [5.41, 5.74) is 8.73. The van der Waals surface area contributed by atoms with E-state index in [1.54, 1.807) is 51.3 Å². The van der Waals surface area contributed by atoms with E-state index in [1.165, 1.54) is 12.4 Å². The average molecular weight is 449 g/mol. The molecule has 0 aromatic carbocycles. The predicted octanol–water partition coefficient (Wildman–Crippen LogP) is -0.462. The molecule has 0 atom stereocenters. The summed E-state index contributed by atoms with van der Waals surface area (Å²) >= 11 is 7.93. The van der Waals surface area contributed by atoms with Gasteiger partial charge in [0.05, 0.1) is 23.8 Å². The topological polar surface area (TPSA) is 129 Å². The zero-order valence-electron chi connectivity index (χ0n) is 14.4. The molecule has 27 heavy (non-hydrogen) atoms. The van der Waals surface area contributed by atoms with Gasteiger partial charge >= 0.3 is 16.8 Å². The van der Waals surface area contributed by atoms with Crippen molar-refractivity contribution in [1.82, 2.24) is 30.6 Å². The number of rotatable bonds is 4. The van der Waals surface area contributed by atoms with E-state index in [2.05, 4.69) is 76.1 Å². The predicted molar refractivity (Wildman–Crippen MR) is 112 cm³/mol. The van der Waals surface area contributed by atoms with E-state index >= 15 is 0 Å². The molecule has 2 heterocycles. The zero-order chi connectivity index (χ0) is 19.0. The summed E-state index contributed by atoms with van der Waals surface area (Å²) in [5.74, 6) is 0. The standard InChI is InChI=1S/2C7H9N5S.Co/c2*1-8-7(13)12-11-5-6-4-9-2-3-10-6;/h2*2-5H,1H3,(H2,8,10,12,13);/q;;+3. The third-order valence-corrected chi connectivity index (χ3v) is 2.92. The van der Waals surface area contributed by atoms with E-state index in [0.717, 1.165) is 0 Å². The van der Waals surface area contributed by atoms with Crippen molar-refractivity contribution in [2.24, 2.45) is 10.2 Å². The van der Waals surface area contributed by atoms with Crippen molar-refractivity contribution in [3.05, 3.63) is 59.4 Å². The van der Waals surface area contributed by atoms with Crippen molar-refractivity contribution in [1.29, 1.82) is 0 Å². The third-order valence-electron chi connectivity index (χ3n) is 2.30. The first-order chi connectivity index (χ1) is 12.7. The van der Waals surface area contributed by atoms with Gasteiger partial charge in [-0.2, -0.15) is 0 Å². The Morgan fingerprint density at radius 3 is 1.56 bits per heavy atom. The van der Waals surface area contributed by atoms with Crippen molar-refractivity contribution < 1.29 is 16.8 Å². The number of hydrogen-bond donors (Lipinski definition) is 2. The van der Waals surface area contributed by atoms with Crippen molar-refractivity contribution >= 4 is 47.1 Å². The Bertz CT molecular complexity index is 664. The summed E-state index contributed by atoms with van der Waals surface area (Å²) in [6, 6.07) is 0. The minimum absolute atomic E-state index is 0. The Labute approximate surface area is 178 Å². The summed E-state index contributed by atoms with van der Waals surface area (Å²) in [7, 11) is 3.42. The molecule has 2 rings (SSSR count). The maximum atomic E-state index is 3.97. The molecular formula is C14H18CoN10S2+3. The van der Waals surface area contributed by atoms with Gasteiger partial charge in [0, 0.05) is 37.2 Å². The van der Waals surface area contributed by atoms with Gasteiger partial charge in [-0.1, -0.05) is 0 Å². The Kier molecular flexibility index (Phi) is 14.6. The van der Waals surface area contributed by atoms with Gasteiger partial charge in [0.1, 0.15) is 0 Å². The fourth-order valence-corrected chi connectivity index (χ4v) is 1.24. The van der Waals surface area contributed by atoms with Gasteiger partial charge in [0.25, 0.3) is 0 Å². The van der Waals surface area contributed by atoms with Crippen LogP contribution in [0, 0.1) is 0 Å². The third kappa shape index (κ3) is 12.7. The fraction of sp³-hybridized carbons (Fsp3) is 0.143. The number of aromatic nitrogens is 4. The van der Waals surface area contributed by atoms with Crippen molar-refractivity contribution in [3.63, 3.8) is 0 Å². The van der Waals surface area contributed by atoms with E-state index in [4.69, 9.17) is 0 Å². The summed E-state index contributed by atoms with van der Waals surface area (Å²) in [5, 5.41) is 13.8. The van der Waals surface area contributed by atoms with Crippen LogP contribution in [-0.4, -0.2) is 56.7 Å². The number of nitrogens with zero attached hydrogens (tertiary/aromatic N) is 8. The molecule has 0 aliphatic heterocycles. The van der Waals surface area contributed by atoms with Crippen LogP contribution >= 0.6 is 0 Å². The first-order valence-corrected chi connectivity index (χ1v) is 8.02. The molecule has 0 aliphatic carbocycles.